The summed E-state index contributed by atoms with van der Waals surface area (Å²) < 4.78 is 5.37. The highest BCUT2D eigenvalue weighted by Gasteiger charge is 2.37. The molecule has 0 bridgehead atoms. The van der Waals surface area contributed by atoms with Gasteiger partial charge in [0.05, 0.1) is 12.8 Å². The molecule has 1 saturated heterocycles. The molecular formula is C27H23ClN2O4. The van der Waals surface area contributed by atoms with Gasteiger partial charge in [0, 0.05) is 5.02 Å². The van der Waals surface area contributed by atoms with Gasteiger partial charge in [-0.1, -0.05) is 48.0 Å². The summed E-state index contributed by atoms with van der Waals surface area (Å²) in [5.74, 6) is -0.783. The molecule has 7 heteroatoms. The number of rotatable bonds is 5. The van der Waals surface area contributed by atoms with Gasteiger partial charge in [-0.3, -0.25) is 14.9 Å². The molecule has 6 nitrogen and oxygen atoms in total. The maximum atomic E-state index is 13.4. The molecule has 1 aliphatic rings. The normalized spacial score (nSPS) is 15.0. The van der Waals surface area contributed by atoms with Crippen molar-refractivity contribution in [1.29, 1.82) is 0 Å². The molecule has 4 amide bonds. The van der Waals surface area contributed by atoms with E-state index in [1.807, 2.05) is 43.3 Å². The number of carbonyl (C=O) groups excluding carboxylic acids is 3. The first kappa shape index (κ1) is 23.3. The summed E-state index contributed by atoms with van der Waals surface area (Å²) in [5.41, 5.74) is 4.29. The summed E-state index contributed by atoms with van der Waals surface area (Å²) in [5, 5.41) is 2.90. The number of barbiturate groups is 1. The third-order valence-corrected chi connectivity index (χ3v) is 6.06. The molecule has 0 radical (unpaired) electrons. The Balaban J connectivity index is 1.79. The third kappa shape index (κ3) is 4.58. The van der Waals surface area contributed by atoms with Gasteiger partial charge in [0.15, 0.2) is 0 Å². The van der Waals surface area contributed by atoms with E-state index in [0.717, 1.165) is 27.2 Å². The number of methoxy groups -OCH3 is 1. The number of imide groups is 2. The SMILES string of the molecule is COc1ccc(/C=C2\C(=O)NC(=O)N(c3cc(C)ccc3C)C2=O)c(Cc2ccccc2Cl)c1. The highest BCUT2D eigenvalue weighted by molar-refractivity contribution is 6.39. The quantitative estimate of drug-likeness (QED) is 0.406. The van der Waals surface area contributed by atoms with Crippen LogP contribution in [0.25, 0.3) is 6.08 Å². The van der Waals surface area contributed by atoms with Gasteiger partial charge in [-0.2, -0.15) is 0 Å². The average molecular weight is 475 g/mol. The van der Waals surface area contributed by atoms with Crippen LogP contribution in [0.5, 0.6) is 5.75 Å². The van der Waals surface area contributed by atoms with Gasteiger partial charge in [0.25, 0.3) is 11.8 Å². The molecule has 34 heavy (non-hydrogen) atoms. The second-order valence-electron chi connectivity index (χ2n) is 8.08. The number of amides is 4. The van der Waals surface area contributed by atoms with Crippen LogP contribution >= 0.6 is 11.6 Å². The predicted octanol–water partition coefficient (Wildman–Crippen LogP) is 5.22. The Morgan fingerprint density at radius 1 is 0.971 bits per heavy atom. The number of hydrogen-bond acceptors (Lipinski definition) is 4. The Bertz CT molecular complexity index is 1350. The molecule has 0 aromatic heterocycles. The standard InChI is InChI=1S/C27H23ClN2O4/c1-16-8-9-17(2)24(12-16)30-26(32)22(25(31)29-27(30)33)15-18-10-11-21(34-3)14-20(18)13-19-6-4-5-7-23(19)28/h4-12,14-15H,13H2,1-3H3,(H,29,31,33)/b22-15+. The summed E-state index contributed by atoms with van der Waals surface area (Å²) in [4.78, 5) is 39.7. The molecular weight excluding hydrogens is 452 g/mol. The lowest BCUT2D eigenvalue weighted by molar-refractivity contribution is -0.122. The van der Waals surface area contributed by atoms with Crippen molar-refractivity contribution in [2.45, 2.75) is 20.3 Å². The third-order valence-electron chi connectivity index (χ3n) is 5.70. The number of hydrogen-bond donors (Lipinski definition) is 1. The van der Waals surface area contributed by atoms with Crippen molar-refractivity contribution < 1.29 is 19.1 Å². The summed E-state index contributed by atoms with van der Waals surface area (Å²) >= 11 is 6.36. The van der Waals surface area contributed by atoms with Crippen LogP contribution in [0.3, 0.4) is 0 Å². The highest BCUT2D eigenvalue weighted by atomic mass is 35.5. The number of ether oxygens (including phenoxy) is 1. The molecule has 0 atom stereocenters. The van der Waals surface area contributed by atoms with E-state index in [0.29, 0.717) is 28.4 Å². The number of carbonyl (C=O) groups is 3. The molecule has 1 heterocycles. The first-order chi connectivity index (χ1) is 16.3. The van der Waals surface area contributed by atoms with Crippen LogP contribution in [-0.4, -0.2) is 25.0 Å². The fourth-order valence-corrected chi connectivity index (χ4v) is 4.04. The molecule has 4 rings (SSSR count). The van der Waals surface area contributed by atoms with E-state index in [9.17, 15) is 14.4 Å². The van der Waals surface area contributed by atoms with Crippen molar-refractivity contribution in [3.05, 3.63) is 99.1 Å². The summed E-state index contributed by atoms with van der Waals surface area (Å²) in [7, 11) is 1.57. The van der Waals surface area contributed by atoms with E-state index in [1.54, 1.807) is 38.3 Å². The molecule has 172 valence electrons. The predicted molar refractivity (Wildman–Crippen MR) is 132 cm³/mol. The molecule has 0 saturated carbocycles. The molecule has 0 unspecified atom stereocenters. The van der Waals surface area contributed by atoms with Crippen LogP contribution in [0.1, 0.15) is 27.8 Å². The minimum Gasteiger partial charge on any atom is -0.497 e. The number of urea groups is 1. The highest BCUT2D eigenvalue weighted by Crippen LogP contribution is 2.29. The molecule has 1 fully saturated rings. The first-order valence-electron chi connectivity index (χ1n) is 10.7. The largest absolute Gasteiger partial charge is 0.497 e. The van der Waals surface area contributed by atoms with Gasteiger partial charge in [-0.05, 0) is 78.4 Å². The van der Waals surface area contributed by atoms with Crippen LogP contribution in [0.2, 0.25) is 5.02 Å². The molecule has 0 spiro atoms. The van der Waals surface area contributed by atoms with Crippen LogP contribution in [-0.2, 0) is 16.0 Å². The van der Waals surface area contributed by atoms with Gasteiger partial charge in [0.1, 0.15) is 11.3 Å². The Labute approximate surface area is 202 Å². The molecule has 1 N–H and O–H groups in total. The maximum Gasteiger partial charge on any atom is 0.335 e. The van der Waals surface area contributed by atoms with Crippen molar-refractivity contribution in [2.24, 2.45) is 0 Å². The van der Waals surface area contributed by atoms with E-state index in [1.165, 1.54) is 6.08 Å². The molecule has 3 aromatic rings. The van der Waals surface area contributed by atoms with Gasteiger partial charge >= 0.3 is 6.03 Å². The minimum absolute atomic E-state index is 0.133. The van der Waals surface area contributed by atoms with Crippen molar-refractivity contribution in [3.63, 3.8) is 0 Å². The number of benzene rings is 3. The van der Waals surface area contributed by atoms with E-state index in [4.69, 9.17) is 16.3 Å². The second-order valence-corrected chi connectivity index (χ2v) is 8.49. The van der Waals surface area contributed by atoms with Crippen molar-refractivity contribution >= 4 is 41.2 Å². The molecule has 0 aliphatic carbocycles. The van der Waals surface area contributed by atoms with E-state index < -0.39 is 17.8 Å². The van der Waals surface area contributed by atoms with Crippen molar-refractivity contribution in [3.8, 4) is 5.75 Å². The number of aryl methyl sites for hydroxylation is 2. The second kappa shape index (κ2) is 9.53. The van der Waals surface area contributed by atoms with Crippen LogP contribution < -0.4 is 15.0 Å². The maximum absolute atomic E-state index is 13.4. The van der Waals surface area contributed by atoms with Crippen molar-refractivity contribution in [1.82, 2.24) is 5.32 Å². The smallest absolute Gasteiger partial charge is 0.335 e. The fraction of sp³-hybridized carbons (Fsp3) is 0.148. The lowest BCUT2D eigenvalue weighted by Crippen LogP contribution is -2.54. The Morgan fingerprint density at radius 3 is 2.47 bits per heavy atom. The van der Waals surface area contributed by atoms with Gasteiger partial charge in [0.2, 0.25) is 0 Å². The Hall–Kier alpha value is -3.90. The van der Waals surface area contributed by atoms with Crippen LogP contribution in [0.4, 0.5) is 10.5 Å². The minimum atomic E-state index is -0.771. The zero-order valence-corrected chi connectivity index (χ0v) is 19.8. The zero-order valence-electron chi connectivity index (χ0n) is 19.0. The molecule has 1 aliphatic heterocycles. The zero-order chi connectivity index (χ0) is 24.4. The number of nitrogens with one attached hydrogen (secondary N) is 1. The van der Waals surface area contributed by atoms with E-state index in [2.05, 4.69) is 5.32 Å². The van der Waals surface area contributed by atoms with Crippen molar-refractivity contribution in [2.75, 3.05) is 12.0 Å². The van der Waals surface area contributed by atoms with Crippen LogP contribution in [0.15, 0.2) is 66.2 Å². The monoisotopic (exact) mass is 474 g/mol. The van der Waals surface area contributed by atoms with Gasteiger partial charge < -0.3 is 4.74 Å². The van der Waals surface area contributed by atoms with Gasteiger partial charge in [-0.15, -0.1) is 0 Å². The lowest BCUT2D eigenvalue weighted by atomic mass is 9.96. The summed E-state index contributed by atoms with van der Waals surface area (Å²) in [6, 6.07) is 17.5. The lowest BCUT2D eigenvalue weighted by Gasteiger charge is -2.28. The Kier molecular flexibility index (Phi) is 6.52. The number of anilines is 1. The first-order valence-corrected chi connectivity index (χ1v) is 11.1. The van der Waals surface area contributed by atoms with E-state index in [-0.39, 0.29) is 5.57 Å². The number of nitrogens with zero attached hydrogens (tertiary/aromatic N) is 1. The van der Waals surface area contributed by atoms with Crippen LogP contribution in [0, 0.1) is 13.8 Å². The topological polar surface area (TPSA) is 75.7 Å². The number of halogens is 1. The fourth-order valence-electron chi connectivity index (χ4n) is 3.84. The average Bonchev–Trinajstić information content (AvgIpc) is 2.81. The molecule has 3 aromatic carbocycles. The summed E-state index contributed by atoms with van der Waals surface area (Å²) in [6.07, 6.45) is 1.97. The van der Waals surface area contributed by atoms with Gasteiger partial charge in [-0.25, -0.2) is 9.69 Å². The summed E-state index contributed by atoms with van der Waals surface area (Å²) in [6.45, 7) is 3.68. The van der Waals surface area contributed by atoms with E-state index >= 15 is 0 Å². The Morgan fingerprint density at radius 2 is 1.74 bits per heavy atom.